The molecule has 2 N–H and O–H groups in total. The molecule has 0 bridgehead atoms. The first-order chi connectivity index (χ1) is 24.7. The number of fused-ring (bicyclic) bond motifs is 2. The average Bonchev–Trinajstić information content (AvgIpc) is 3.65. The summed E-state index contributed by atoms with van der Waals surface area (Å²) in [6, 6.07) is 9.51. The number of carbonyl (C=O) groups excluding carboxylic acids is 1. The molecule has 0 saturated carbocycles. The summed E-state index contributed by atoms with van der Waals surface area (Å²) in [4.78, 5) is 18.4. The molecule has 280 valence electrons. The Morgan fingerprint density at radius 3 is 2.36 bits per heavy atom. The third kappa shape index (κ3) is 7.11. The van der Waals surface area contributed by atoms with Crippen molar-refractivity contribution < 1.29 is 43.9 Å². The molecular weight excluding hydrogens is 731 g/mol. The molecule has 18 heteroatoms. The lowest BCUT2D eigenvalue weighted by atomic mass is 9.93. The van der Waals surface area contributed by atoms with E-state index in [4.69, 9.17) is 0 Å². The number of anilines is 1. The number of aryl methyl sites for hydroxylation is 1. The lowest BCUT2D eigenvalue weighted by molar-refractivity contribution is -0.143. The van der Waals surface area contributed by atoms with Crippen molar-refractivity contribution in [3.8, 4) is 11.1 Å². The zero-order valence-electron chi connectivity index (χ0n) is 28.6. The molecule has 53 heavy (non-hydrogen) atoms. The van der Waals surface area contributed by atoms with E-state index < -0.39 is 81.0 Å². The third-order valence-corrected chi connectivity index (χ3v) is 9.83. The van der Waals surface area contributed by atoms with Gasteiger partial charge in [0.05, 0.1) is 29.2 Å². The Labute approximate surface area is 298 Å². The maximum atomic E-state index is 15.5. The van der Waals surface area contributed by atoms with Gasteiger partial charge in [-0.3, -0.25) is 23.9 Å². The van der Waals surface area contributed by atoms with E-state index in [-0.39, 0.29) is 23.5 Å². The topological polar surface area (TPSA) is 124 Å². The lowest BCUT2D eigenvalue weighted by Crippen LogP contribution is -2.35. The van der Waals surface area contributed by atoms with Crippen molar-refractivity contribution >= 4 is 38.7 Å². The van der Waals surface area contributed by atoms with Crippen LogP contribution in [0.25, 0.3) is 28.1 Å². The van der Waals surface area contributed by atoms with Crippen LogP contribution in [0.15, 0.2) is 55.1 Å². The number of alkyl halides is 5. The summed E-state index contributed by atoms with van der Waals surface area (Å²) >= 11 is 0. The minimum Gasteiger partial charge on any atom is -0.346 e. The number of hydrogen-bond acceptors (Lipinski definition) is 6. The van der Waals surface area contributed by atoms with Crippen molar-refractivity contribution in [2.75, 3.05) is 11.0 Å². The van der Waals surface area contributed by atoms with Gasteiger partial charge in [-0.15, -0.1) is 0 Å². The van der Waals surface area contributed by atoms with Gasteiger partial charge in [-0.25, -0.2) is 17.2 Å². The summed E-state index contributed by atoms with van der Waals surface area (Å²) in [5.41, 5.74) is -1.57. The van der Waals surface area contributed by atoms with E-state index in [0.29, 0.717) is 38.5 Å². The molecule has 0 fully saturated rings. The molecule has 6 rings (SSSR count). The van der Waals surface area contributed by atoms with Gasteiger partial charge < -0.3 is 5.32 Å². The van der Waals surface area contributed by atoms with Gasteiger partial charge in [0.1, 0.15) is 23.9 Å². The average molecular weight is 764 g/mol. The molecule has 0 radical (unpaired) electrons. The van der Waals surface area contributed by atoms with Gasteiger partial charge in [0.15, 0.2) is 11.5 Å². The van der Waals surface area contributed by atoms with Gasteiger partial charge in [-0.1, -0.05) is 38.6 Å². The first kappa shape index (κ1) is 37.5. The van der Waals surface area contributed by atoms with Gasteiger partial charge >= 0.3 is 6.18 Å². The summed E-state index contributed by atoms with van der Waals surface area (Å²) in [5.74, 6) is -9.37. The summed E-state index contributed by atoms with van der Waals surface area (Å²) in [6.45, 7) is 5.03. The highest BCUT2D eigenvalue weighted by Crippen LogP contribution is 2.55. The second-order valence-electron chi connectivity index (χ2n) is 13.0. The Balaban J connectivity index is 1.49. The summed E-state index contributed by atoms with van der Waals surface area (Å²) < 4.78 is 130. The number of benzene rings is 2. The fourth-order valence-corrected chi connectivity index (χ4v) is 7.32. The van der Waals surface area contributed by atoms with Crippen LogP contribution in [0.1, 0.15) is 59.7 Å². The fourth-order valence-electron chi connectivity index (χ4n) is 6.82. The zero-order valence-corrected chi connectivity index (χ0v) is 29.4. The molecule has 1 amide bonds. The smallest absolute Gasteiger partial charge is 0.346 e. The molecule has 10 nitrogen and oxygen atoms in total. The van der Waals surface area contributed by atoms with Crippen LogP contribution in [0, 0.1) is 17.6 Å². The quantitative estimate of drug-likeness (QED) is 0.147. The first-order valence-corrected chi connectivity index (χ1v) is 18.0. The minimum atomic E-state index is -5.09. The molecule has 0 saturated heterocycles. The predicted octanol–water partition coefficient (Wildman–Crippen LogP) is 7.09. The van der Waals surface area contributed by atoms with E-state index in [1.54, 1.807) is 37.4 Å². The van der Waals surface area contributed by atoms with Crippen LogP contribution in [0.4, 0.5) is 36.6 Å². The van der Waals surface area contributed by atoms with Crippen molar-refractivity contribution in [2.45, 2.75) is 50.9 Å². The van der Waals surface area contributed by atoms with E-state index in [2.05, 4.69) is 31.8 Å². The van der Waals surface area contributed by atoms with E-state index in [1.165, 1.54) is 17.7 Å². The highest BCUT2D eigenvalue weighted by atomic mass is 32.2. The Morgan fingerprint density at radius 1 is 1.06 bits per heavy atom. The summed E-state index contributed by atoms with van der Waals surface area (Å²) in [6.07, 6.45) is -3.06. The number of rotatable bonds is 10. The Morgan fingerprint density at radius 2 is 1.74 bits per heavy atom. The number of aromatic nitrogens is 5. The molecule has 1 aliphatic carbocycles. The van der Waals surface area contributed by atoms with E-state index in [1.807, 2.05) is 0 Å². The summed E-state index contributed by atoms with van der Waals surface area (Å²) in [7, 11) is -2.18. The van der Waals surface area contributed by atoms with Gasteiger partial charge in [-0.05, 0) is 48.2 Å². The number of carbonyl (C=O) groups is 1. The van der Waals surface area contributed by atoms with Crippen LogP contribution in [-0.4, -0.2) is 45.1 Å². The number of nitrogens with zero attached hydrogens (tertiary/aromatic N) is 5. The van der Waals surface area contributed by atoms with Crippen molar-refractivity contribution in [1.29, 1.82) is 0 Å². The Hall–Kier alpha value is -5.26. The van der Waals surface area contributed by atoms with Gasteiger partial charge in [0, 0.05) is 41.1 Å². The molecule has 3 atom stereocenters. The number of sulfonamides is 1. The second kappa shape index (κ2) is 13.3. The van der Waals surface area contributed by atoms with Crippen molar-refractivity contribution in [1.82, 2.24) is 29.9 Å². The second-order valence-corrected chi connectivity index (χ2v) is 14.7. The van der Waals surface area contributed by atoms with Gasteiger partial charge in [-0.2, -0.15) is 32.1 Å². The normalized spacial score (nSPS) is 17.5. The number of halogens is 7. The molecule has 0 spiro atoms. The number of nitrogens with one attached hydrogen (secondary N) is 2. The molecule has 3 heterocycles. The van der Waals surface area contributed by atoms with Crippen LogP contribution in [-0.2, 0) is 46.9 Å². The molecular formula is C35H32F7N7O3S. The van der Waals surface area contributed by atoms with Crippen LogP contribution < -0.4 is 10.0 Å². The maximum absolute atomic E-state index is 15.5. The fraction of sp³-hybridized carbons (Fsp3) is 0.314. The van der Waals surface area contributed by atoms with E-state index in [9.17, 15) is 35.2 Å². The number of hydrogen-bond donors (Lipinski definition) is 2. The highest BCUT2D eigenvalue weighted by molar-refractivity contribution is 7.92. The molecule has 5 aromatic rings. The molecule has 3 aromatic heterocycles. The van der Waals surface area contributed by atoms with Crippen LogP contribution in [0.2, 0.25) is 0 Å². The van der Waals surface area contributed by atoms with E-state index >= 15 is 8.78 Å². The maximum Gasteiger partial charge on any atom is 0.435 e. The van der Waals surface area contributed by atoms with Crippen molar-refractivity contribution in [3.63, 3.8) is 0 Å². The van der Waals surface area contributed by atoms with Crippen molar-refractivity contribution in [3.05, 3.63) is 101 Å². The van der Waals surface area contributed by atoms with Crippen LogP contribution in [0.5, 0.6) is 0 Å². The third-order valence-electron chi connectivity index (χ3n) is 9.26. The monoisotopic (exact) mass is 763 g/mol. The summed E-state index contributed by atoms with van der Waals surface area (Å²) in [5, 5.41) is 10.8. The standard InChI is InChI=1S/C35H32F7N7O3S/c1-6-22-10-11-23(24-8-7-9-25-30(24)48(4)46-33(25)47-53(5,51)52)29(43-22)26(14-19-12-20(36)15-21(37)13-19)44-27(50)16-49-32-28(31(45-49)35(40,41)42)17(2)18(3)34(32,38)39/h6-13,15,17-18,26H,1,14,16H2,2-5H3,(H,44,50)(H,46,47)/t17-,18+,26-/m0/s1. The molecule has 0 unspecified atom stereocenters. The lowest BCUT2D eigenvalue weighted by Gasteiger charge is -2.23. The van der Waals surface area contributed by atoms with Crippen LogP contribution in [0.3, 0.4) is 0 Å². The minimum absolute atomic E-state index is 0.0228. The Kier molecular flexibility index (Phi) is 9.41. The van der Waals surface area contributed by atoms with Crippen LogP contribution >= 0.6 is 0 Å². The highest BCUT2D eigenvalue weighted by Gasteiger charge is 2.57. The first-order valence-electron chi connectivity index (χ1n) is 16.1. The SMILES string of the molecule is C=Cc1ccc(-c2cccc3c(NS(C)(=O)=O)nn(C)c23)c([C@H](Cc2cc(F)cc(F)c2)NC(=O)Cn2nc(C(F)(F)F)c3c2C(F)(F)[C@H](C)[C@@H]3C)n1. The Bertz CT molecular complexity index is 2370. The number of amides is 1. The van der Waals surface area contributed by atoms with E-state index in [0.717, 1.165) is 25.3 Å². The largest absolute Gasteiger partial charge is 0.435 e. The number of pyridine rings is 1. The van der Waals surface area contributed by atoms with Gasteiger partial charge in [0.2, 0.25) is 15.9 Å². The molecule has 1 aliphatic rings. The zero-order chi connectivity index (χ0) is 38.8. The van der Waals surface area contributed by atoms with Crippen molar-refractivity contribution in [2.24, 2.45) is 13.0 Å². The predicted molar refractivity (Wildman–Crippen MR) is 182 cm³/mol. The molecule has 2 aromatic carbocycles. The number of para-hydroxylation sites is 1. The molecule has 0 aliphatic heterocycles. The van der Waals surface area contributed by atoms with Gasteiger partial charge in [0.25, 0.3) is 5.92 Å².